The van der Waals surface area contributed by atoms with E-state index < -0.39 is 0 Å². The first-order valence-electron chi connectivity index (χ1n) is 4.43. The fourth-order valence-corrected chi connectivity index (χ4v) is 2.05. The number of rotatable bonds is 4. The number of hydrogen-bond acceptors (Lipinski definition) is 2. The van der Waals surface area contributed by atoms with Crippen LogP contribution in [0.3, 0.4) is 0 Å². The molecule has 0 amide bonds. The smallest absolute Gasteiger partial charge is 0.121 e. The fourth-order valence-electron chi connectivity index (χ4n) is 1.08. The van der Waals surface area contributed by atoms with E-state index in [0.717, 1.165) is 6.42 Å². The molecule has 1 aromatic heterocycles. The minimum Gasteiger partial charge on any atom is -0.274 e. The highest BCUT2D eigenvalue weighted by atomic mass is 32.2. The summed E-state index contributed by atoms with van der Waals surface area (Å²) in [4.78, 5) is 0. The molecule has 0 aliphatic rings. The first kappa shape index (κ1) is 9.65. The molecule has 0 saturated heterocycles. The zero-order chi connectivity index (χ0) is 8.97. The third kappa shape index (κ3) is 2.27. The van der Waals surface area contributed by atoms with Gasteiger partial charge in [0.05, 0.1) is 0 Å². The van der Waals surface area contributed by atoms with Gasteiger partial charge in [0, 0.05) is 18.8 Å². The monoisotopic (exact) mass is 184 g/mol. The first-order chi connectivity index (χ1) is 5.77. The van der Waals surface area contributed by atoms with Crippen LogP contribution in [0, 0.1) is 0 Å². The normalized spacial score (nSPS) is 10.6. The Morgan fingerprint density at radius 1 is 1.50 bits per heavy atom. The molecule has 0 atom stereocenters. The van der Waals surface area contributed by atoms with Crippen LogP contribution in [-0.4, -0.2) is 15.5 Å². The SMILES string of the molecule is CCCSc1nn(C)cc1CC. The highest BCUT2D eigenvalue weighted by Crippen LogP contribution is 2.21. The fraction of sp³-hybridized carbons (Fsp3) is 0.667. The molecule has 0 aliphatic carbocycles. The molecule has 1 aromatic rings. The Morgan fingerprint density at radius 2 is 2.25 bits per heavy atom. The van der Waals surface area contributed by atoms with Gasteiger partial charge in [-0.15, -0.1) is 11.8 Å². The molecule has 0 radical (unpaired) electrons. The molecule has 3 heteroatoms. The molecule has 0 spiro atoms. The van der Waals surface area contributed by atoms with Gasteiger partial charge in [-0.05, 0) is 18.6 Å². The van der Waals surface area contributed by atoms with E-state index in [2.05, 4.69) is 25.1 Å². The van der Waals surface area contributed by atoms with E-state index in [1.54, 1.807) is 0 Å². The van der Waals surface area contributed by atoms with Gasteiger partial charge in [-0.1, -0.05) is 13.8 Å². The van der Waals surface area contributed by atoms with Crippen molar-refractivity contribution in [3.8, 4) is 0 Å². The van der Waals surface area contributed by atoms with Crippen molar-refractivity contribution in [1.29, 1.82) is 0 Å². The maximum absolute atomic E-state index is 4.40. The average Bonchev–Trinajstić information content (AvgIpc) is 2.42. The van der Waals surface area contributed by atoms with Crippen molar-refractivity contribution in [2.24, 2.45) is 7.05 Å². The molecule has 2 nitrogen and oxygen atoms in total. The van der Waals surface area contributed by atoms with Gasteiger partial charge in [0.2, 0.25) is 0 Å². The van der Waals surface area contributed by atoms with Crippen LogP contribution in [0.4, 0.5) is 0 Å². The van der Waals surface area contributed by atoms with E-state index in [4.69, 9.17) is 0 Å². The van der Waals surface area contributed by atoms with E-state index in [9.17, 15) is 0 Å². The van der Waals surface area contributed by atoms with E-state index in [1.807, 2.05) is 23.5 Å². The molecule has 1 rings (SSSR count). The predicted molar refractivity (Wildman–Crippen MR) is 53.6 cm³/mol. The molecule has 1 heterocycles. The van der Waals surface area contributed by atoms with Crippen LogP contribution < -0.4 is 0 Å². The number of aryl methyl sites for hydroxylation is 2. The van der Waals surface area contributed by atoms with Gasteiger partial charge in [0.25, 0.3) is 0 Å². The summed E-state index contributed by atoms with van der Waals surface area (Å²) in [6, 6.07) is 0. The minimum atomic E-state index is 1.08. The quantitative estimate of drug-likeness (QED) is 0.669. The Kier molecular flexibility index (Phi) is 3.66. The summed E-state index contributed by atoms with van der Waals surface area (Å²) >= 11 is 1.86. The summed E-state index contributed by atoms with van der Waals surface area (Å²) in [5, 5.41) is 5.61. The largest absolute Gasteiger partial charge is 0.274 e. The van der Waals surface area contributed by atoms with Crippen LogP contribution in [0.2, 0.25) is 0 Å². The molecule has 0 fully saturated rings. The Balaban J connectivity index is 2.68. The lowest BCUT2D eigenvalue weighted by Crippen LogP contribution is -1.87. The topological polar surface area (TPSA) is 17.8 Å². The first-order valence-corrected chi connectivity index (χ1v) is 5.41. The second-order valence-corrected chi connectivity index (χ2v) is 3.92. The van der Waals surface area contributed by atoms with Crippen LogP contribution in [0.1, 0.15) is 25.8 Å². The number of aromatic nitrogens is 2. The van der Waals surface area contributed by atoms with Crippen molar-refractivity contribution in [3.63, 3.8) is 0 Å². The van der Waals surface area contributed by atoms with Crippen molar-refractivity contribution in [2.75, 3.05) is 5.75 Å². The van der Waals surface area contributed by atoms with Crippen LogP contribution in [0.5, 0.6) is 0 Å². The average molecular weight is 184 g/mol. The minimum absolute atomic E-state index is 1.08. The summed E-state index contributed by atoms with van der Waals surface area (Å²) in [5.74, 6) is 1.17. The van der Waals surface area contributed by atoms with Gasteiger partial charge in [-0.2, -0.15) is 5.10 Å². The van der Waals surface area contributed by atoms with Crippen molar-refractivity contribution in [3.05, 3.63) is 11.8 Å². The summed E-state index contributed by atoms with van der Waals surface area (Å²) in [7, 11) is 1.98. The van der Waals surface area contributed by atoms with Crippen molar-refractivity contribution in [2.45, 2.75) is 31.7 Å². The zero-order valence-electron chi connectivity index (χ0n) is 8.00. The third-order valence-electron chi connectivity index (χ3n) is 1.69. The Labute approximate surface area is 78.4 Å². The van der Waals surface area contributed by atoms with E-state index >= 15 is 0 Å². The number of hydrogen-bond donors (Lipinski definition) is 0. The standard InChI is InChI=1S/C9H16N2S/c1-4-6-12-9-8(5-2)7-11(3)10-9/h7H,4-6H2,1-3H3. The summed E-state index contributed by atoms with van der Waals surface area (Å²) < 4.78 is 1.90. The second kappa shape index (κ2) is 4.55. The Morgan fingerprint density at radius 3 is 2.83 bits per heavy atom. The van der Waals surface area contributed by atoms with E-state index in [0.29, 0.717) is 0 Å². The highest BCUT2D eigenvalue weighted by molar-refractivity contribution is 7.99. The Hall–Kier alpha value is -0.440. The van der Waals surface area contributed by atoms with Gasteiger partial charge < -0.3 is 0 Å². The molecule has 0 aromatic carbocycles. The molecule has 0 aliphatic heterocycles. The maximum atomic E-state index is 4.40. The summed E-state index contributed by atoms with van der Waals surface area (Å²) in [6.07, 6.45) is 4.41. The van der Waals surface area contributed by atoms with Gasteiger partial charge in [0.15, 0.2) is 0 Å². The van der Waals surface area contributed by atoms with E-state index in [-0.39, 0.29) is 0 Å². The van der Waals surface area contributed by atoms with Gasteiger partial charge in [-0.3, -0.25) is 4.68 Å². The lowest BCUT2D eigenvalue weighted by molar-refractivity contribution is 0.738. The van der Waals surface area contributed by atoms with Crippen molar-refractivity contribution < 1.29 is 0 Å². The summed E-state index contributed by atoms with van der Waals surface area (Å²) in [6.45, 7) is 4.37. The molecular formula is C9H16N2S. The lowest BCUT2D eigenvalue weighted by atomic mass is 10.3. The molecule has 12 heavy (non-hydrogen) atoms. The molecule has 0 saturated carbocycles. The lowest BCUT2D eigenvalue weighted by Gasteiger charge is -1.96. The maximum Gasteiger partial charge on any atom is 0.121 e. The molecule has 68 valence electrons. The Bertz CT molecular complexity index is 243. The molecule has 0 bridgehead atoms. The molecular weight excluding hydrogens is 168 g/mol. The van der Waals surface area contributed by atoms with Gasteiger partial charge in [0.1, 0.15) is 5.03 Å². The van der Waals surface area contributed by atoms with Crippen molar-refractivity contribution >= 4 is 11.8 Å². The number of thioether (sulfide) groups is 1. The highest BCUT2D eigenvalue weighted by Gasteiger charge is 2.04. The third-order valence-corrected chi connectivity index (χ3v) is 2.92. The van der Waals surface area contributed by atoms with Crippen LogP contribution in [-0.2, 0) is 13.5 Å². The number of nitrogens with zero attached hydrogens (tertiary/aromatic N) is 2. The van der Waals surface area contributed by atoms with Crippen LogP contribution in [0.15, 0.2) is 11.2 Å². The van der Waals surface area contributed by atoms with Gasteiger partial charge >= 0.3 is 0 Å². The zero-order valence-corrected chi connectivity index (χ0v) is 8.82. The predicted octanol–water partition coefficient (Wildman–Crippen LogP) is 2.48. The summed E-state index contributed by atoms with van der Waals surface area (Å²) in [5.41, 5.74) is 1.37. The van der Waals surface area contributed by atoms with E-state index in [1.165, 1.54) is 22.8 Å². The van der Waals surface area contributed by atoms with Crippen molar-refractivity contribution in [1.82, 2.24) is 9.78 Å². The van der Waals surface area contributed by atoms with Gasteiger partial charge in [-0.25, -0.2) is 0 Å². The van der Waals surface area contributed by atoms with Crippen LogP contribution in [0.25, 0.3) is 0 Å². The molecule has 0 N–H and O–H groups in total. The van der Waals surface area contributed by atoms with Crippen LogP contribution >= 0.6 is 11.8 Å². The molecule has 0 unspecified atom stereocenters. The second-order valence-electron chi connectivity index (χ2n) is 2.84.